The van der Waals surface area contributed by atoms with Crippen LogP contribution in [-0.2, 0) is 43.9 Å². The second-order valence-electron chi connectivity index (χ2n) is 9.95. The van der Waals surface area contributed by atoms with Crippen LogP contribution < -0.4 is 11.5 Å². The van der Waals surface area contributed by atoms with Crippen LogP contribution in [-0.4, -0.2) is 104 Å². The van der Waals surface area contributed by atoms with Crippen molar-refractivity contribution in [1.29, 1.82) is 0 Å². The molecule has 6 unspecified atom stereocenters. The Morgan fingerprint density at radius 2 is 1.30 bits per heavy atom. The Kier molecular flexibility index (Phi) is 7.64. The molecule has 3 aliphatic heterocycles. The summed E-state index contributed by atoms with van der Waals surface area (Å²) in [5, 5.41) is 22.5. The average Bonchev–Trinajstić information content (AvgIpc) is 3.73. The molecule has 24 heteroatoms. The first kappa shape index (κ1) is 30.2. The van der Waals surface area contributed by atoms with Gasteiger partial charge in [0.2, 0.25) is 0 Å². The van der Waals surface area contributed by atoms with Crippen LogP contribution in [0.2, 0.25) is 0 Å². The third-order valence-electron chi connectivity index (χ3n) is 7.26. The van der Waals surface area contributed by atoms with E-state index in [9.17, 15) is 19.7 Å². The Balaban J connectivity index is 1.17. The fourth-order valence-corrected chi connectivity index (χ4v) is 8.18. The van der Waals surface area contributed by atoms with E-state index >= 15 is 0 Å². The van der Waals surface area contributed by atoms with Gasteiger partial charge in [-0.2, -0.15) is 0 Å². The number of ether oxygens (including phenoxy) is 2. The molecule has 20 nitrogen and oxygen atoms in total. The molecule has 3 aliphatic rings. The predicted octanol–water partition coefficient (Wildman–Crippen LogP) is -0.581. The van der Waals surface area contributed by atoms with E-state index in [0.29, 0.717) is 0 Å². The van der Waals surface area contributed by atoms with Gasteiger partial charge in [0.05, 0.1) is 25.9 Å². The van der Waals surface area contributed by atoms with Gasteiger partial charge in [-0.25, -0.2) is 34.5 Å². The van der Waals surface area contributed by atoms with Crippen molar-refractivity contribution < 1.29 is 47.2 Å². The van der Waals surface area contributed by atoms with Crippen LogP contribution in [0, 0.1) is 0 Å². The van der Waals surface area contributed by atoms with Crippen LogP contribution in [0.1, 0.15) is 12.5 Å². The summed E-state index contributed by atoms with van der Waals surface area (Å²) in [6.45, 7) is -9.39. The van der Waals surface area contributed by atoms with Crippen molar-refractivity contribution in [3.8, 4) is 0 Å². The van der Waals surface area contributed by atoms with Crippen molar-refractivity contribution in [2.45, 2.75) is 49.1 Å². The Bertz CT molecular complexity index is 1700. The molecule has 0 spiro atoms. The van der Waals surface area contributed by atoms with Crippen molar-refractivity contribution in [2.24, 2.45) is 0 Å². The van der Waals surface area contributed by atoms with E-state index < -0.39 is 75.8 Å². The minimum absolute atomic E-state index is 0.106. The molecule has 3 saturated heterocycles. The topological polar surface area (TPSA) is 272 Å². The summed E-state index contributed by atoms with van der Waals surface area (Å²) >= 11 is 9.33. The molecule has 7 heterocycles. The number of aromatic nitrogens is 8. The molecule has 0 radical (unpaired) electrons. The van der Waals surface area contributed by atoms with Gasteiger partial charge in [0.25, 0.3) is 0 Å². The van der Waals surface area contributed by atoms with Gasteiger partial charge >= 0.3 is 13.5 Å². The van der Waals surface area contributed by atoms with Crippen LogP contribution in [0.5, 0.6) is 0 Å². The Labute approximate surface area is 256 Å². The van der Waals surface area contributed by atoms with Gasteiger partial charge in [-0.05, 0) is 11.8 Å². The van der Waals surface area contributed by atoms with Gasteiger partial charge < -0.3 is 40.6 Å². The molecule has 0 amide bonds. The zero-order valence-corrected chi connectivity index (χ0v) is 25.5. The number of nitrogens with zero attached hydrogens (tertiary/aromatic N) is 8. The Morgan fingerprint density at radius 3 is 1.82 bits per heavy atom. The van der Waals surface area contributed by atoms with Gasteiger partial charge in [0.15, 0.2) is 35.4 Å². The number of anilines is 2. The molecule has 0 bridgehead atoms. The number of aliphatic hydroxyl groups excluding tert-OH is 2. The van der Waals surface area contributed by atoms with E-state index in [1.54, 1.807) is 0 Å². The molecule has 44 heavy (non-hydrogen) atoms. The van der Waals surface area contributed by atoms with E-state index in [-0.39, 0.29) is 34.0 Å². The molecular formula is C20H24N10O10P2S2. The third kappa shape index (κ3) is 5.28. The first-order valence-corrected chi connectivity index (χ1v) is 18.1. The van der Waals surface area contributed by atoms with Gasteiger partial charge in [-0.3, -0.25) is 22.7 Å². The highest BCUT2D eigenvalue weighted by atomic mass is 32.7. The first-order valence-electron chi connectivity index (χ1n) is 12.8. The fourth-order valence-electron chi connectivity index (χ4n) is 5.24. The molecule has 7 N–H and O–H groups in total. The van der Waals surface area contributed by atoms with Gasteiger partial charge in [0.1, 0.15) is 60.3 Å². The summed E-state index contributed by atoms with van der Waals surface area (Å²) in [6, 6.07) is 0. The number of hydrogen-bond acceptors (Lipinski definition) is 18. The van der Waals surface area contributed by atoms with Crippen LogP contribution in [0.4, 0.5) is 11.6 Å². The molecule has 4 aromatic heterocycles. The number of rotatable bonds is 2. The fraction of sp³-hybridized carbons (Fsp3) is 0.500. The summed E-state index contributed by atoms with van der Waals surface area (Å²) in [5.41, 5.74) is 12.8. The maximum Gasteiger partial charge on any atom is 0.386 e. The number of nitrogens with two attached hydrogens (primary N) is 2. The second-order valence-corrected chi connectivity index (χ2v) is 15.6. The molecule has 236 valence electrons. The normalized spacial score (nSPS) is 38.3. The Morgan fingerprint density at radius 1 is 0.818 bits per heavy atom. The lowest BCUT2D eigenvalue weighted by atomic mass is 10.1. The number of fused-ring (bicyclic) bond motifs is 4. The van der Waals surface area contributed by atoms with Crippen LogP contribution >= 0.6 is 25.8 Å². The zero-order chi connectivity index (χ0) is 31.0. The SMILES string of the molecule is Nc1ncnc2c1ncn2C1OC2COP(O)(=S)OC3[C@@H](COP(=O)(S)O[C@@H]2C1O)O[C@@H](n1cnc2c(N)ncnc21)[C@H]3O. The number of hydrogen-bond donors (Lipinski definition) is 6. The van der Waals surface area contributed by atoms with Gasteiger partial charge in [0, 0.05) is 0 Å². The van der Waals surface area contributed by atoms with Crippen LogP contribution in [0.25, 0.3) is 22.3 Å². The molecule has 4 aromatic rings. The smallest absolute Gasteiger partial charge is 0.386 e. The first-order chi connectivity index (χ1) is 20.9. The highest BCUT2D eigenvalue weighted by molar-refractivity contribution is 8.44. The highest BCUT2D eigenvalue weighted by Gasteiger charge is 2.53. The maximum atomic E-state index is 13.4. The third-order valence-corrected chi connectivity index (χ3v) is 10.4. The van der Waals surface area contributed by atoms with E-state index in [2.05, 4.69) is 42.2 Å². The molecule has 10 atom stereocenters. The van der Waals surface area contributed by atoms with Gasteiger partial charge in [-0.15, -0.1) is 0 Å². The zero-order valence-electron chi connectivity index (χ0n) is 22.0. The molecule has 3 fully saturated rings. The largest absolute Gasteiger partial charge is 0.386 e. The lowest BCUT2D eigenvalue weighted by Crippen LogP contribution is -2.38. The quantitative estimate of drug-likeness (QED) is 0.113. The van der Waals surface area contributed by atoms with E-state index in [4.69, 9.17) is 50.8 Å². The highest BCUT2D eigenvalue weighted by Crippen LogP contribution is 2.58. The standard InChI is InChI=1S/C20H24N10O10P2S2/c21-15-9-17(25-3-23-15)29(5-27-9)19-11(31)13-7(37-19)1-35-41(33,43)40-14-8(2-36-42(34,44)39-13)38-20(12(14)32)30-6-28-10-16(22)24-4-26-18(10)30/h3-8,11-14,19-20,31-32H,1-2H2,(H,33,43)(H,34,44)(H2,21,23,25)(H2,22,24,26)/t7-,8?,11+,12?,13?,14+,19-,20?,41?,42?/m1/s1. The molecule has 7 rings (SSSR count). The van der Waals surface area contributed by atoms with Crippen LogP contribution in [0.3, 0.4) is 0 Å². The minimum Gasteiger partial charge on any atom is -0.386 e. The number of aliphatic hydroxyl groups is 2. The molecule has 0 aromatic carbocycles. The van der Waals surface area contributed by atoms with Crippen molar-refractivity contribution in [3.63, 3.8) is 0 Å². The summed E-state index contributed by atoms with van der Waals surface area (Å²) in [4.78, 5) is 35.4. The van der Waals surface area contributed by atoms with E-state index in [1.165, 1.54) is 34.4 Å². The summed E-state index contributed by atoms with van der Waals surface area (Å²) in [6.07, 6.45) is -5.32. The predicted molar refractivity (Wildman–Crippen MR) is 154 cm³/mol. The minimum atomic E-state index is -4.26. The van der Waals surface area contributed by atoms with Gasteiger partial charge in [-0.1, -0.05) is 12.2 Å². The summed E-state index contributed by atoms with van der Waals surface area (Å²) < 4.78 is 50.6. The van der Waals surface area contributed by atoms with Crippen molar-refractivity contribution in [1.82, 2.24) is 39.0 Å². The molecular weight excluding hydrogens is 666 g/mol. The van der Waals surface area contributed by atoms with E-state index in [0.717, 1.165) is 0 Å². The number of thiol groups is 1. The number of imidazole rings is 2. The second kappa shape index (κ2) is 11.1. The van der Waals surface area contributed by atoms with E-state index in [1.807, 2.05) is 0 Å². The number of nitrogen functional groups attached to an aromatic ring is 2. The molecule has 0 saturated carbocycles. The summed E-state index contributed by atoms with van der Waals surface area (Å²) in [7, 11) is 0. The monoisotopic (exact) mass is 690 g/mol. The Hall–Kier alpha value is -2.43. The van der Waals surface area contributed by atoms with Crippen molar-refractivity contribution in [2.75, 3.05) is 24.7 Å². The molecule has 0 aliphatic carbocycles. The lowest BCUT2D eigenvalue weighted by molar-refractivity contribution is -0.0577. The van der Waals surface area contributed by atoms with Crippen molar-refractivity contribution >= 4 is 71.5 Å². The lowest BCUT2D eigenvalue weighted by Gasteiger charge is -2.29. The van der Waals surface area contributed by atoms with Crippen molar-refractivity contribution in [3.05, 3.63) is 25.3 Å². The maximum absolute atomic E-state index is 13.4. The average molecular weight is 691 g/mol. The van der Waals surface area contributed by atoms with Crippen LogP contribution in [0.15, 0.2) is 25.3 Å². The summed E-state index contributed by atoms with van der Waals surface area (Å²) in [5.74, 6) is 0.213.